The summed E-state index contributed by atoms with van der Waals surface area (Å²) in [5.41, 5.74) is 12.3. The third-order valence-corrected chi connectivity index (χ3v) is 4.30. The van der Waals surface area contributed by atoms with Gasteiger partial charge in [0.1, 0.15) is 0 Å². The van der Waals surface area contributed by atoms with Gasteiger partial charge in [-0.15, -0.1) is 0 Å². The van der Waals surface area contributed by atoms with E-state index < -0.39 is 0 Å². The fourth-order valence-corrected chi connectivity index (χ4v) is 2.98. The molecule has 0 fully saturated rings. The summed E-state index contributed by atoms with van der Waals surface area (Å²) in [7, 11) is 0. The van der Waals surface area contributed by atoms with Gasteiger partial charge in [-0.25, -0.2) is 0 Å². The molecule has 0 aliphatic heterocycles. The first-order chi connectivity index (χ1) is 9.61. The van der Waals surface area contributed by atoms with E-state index >= 15 is 0 Å². The Morgan fingerprint density at radius 2 is 1.95 bits per heavy atom. The van der Waals surface area contributed by atoms with Gasteiger partial charge in [-0.2, -0.15) is 0 Å². The Hall–Kier alpha value is -1.87. The average Bonchev–Trinajstić information content (AvgIpc) is 2.89. The van der Waals surface area contributed by atoms with Crippen molar-refractivity contribution in [2.24, 2.45) is 5.73 Å². The summed E-state index contributed by atoms with van der Waals surface area (Å²) in [6.07, 6.45) is 3.14. The summed E-state index contributed by atoms with van der Waals surface area (Å²) in [6, 6.07) is 8.20. The Balaban J connectivity index is 2.29. The molecule has 0 radical (unpaired) electrons. The van der Waals surface area contributed by atoms with Crippen molar-refractivity contribution in [2.75, 3.05) is 0 Å². The van der Waals surface area contributed by atoms with Crippen LogP contribution in [0.3, 0.4) is 0 Å². The van der Waals surface area contributed by atoms with Gasteiger partial charge in [-0.1, -0.05) is 6.07 Å². The summed E-state index contributed by atoms with van der Waals surface area (Å²) < 4.78 is 1.87. The largest absolute Gasteiger partial charge is 0.326 e. The maximum atomic E-state index is 12.6. The van der Waals surface area contributed by atoms with Crippen LogP contribution in [0, 0.1) is 13.8 Å². The fourth-order valence-electron chi connectivity index (χ4n) is 2.98. The van der Waals surface area contributed by atoms with Gasteiger partial charge in [0.2, 0.25) is 0 Å². The van der Waals surface area contributed by atoms with Crippen molar-refractivity contribution in [1.82, 2.24) is 4.57 Å². The highest BCUT2D eigenvalue weighted by molar-refractivity contribution is 5.44. The summed E-state index contributed by atoms with van der Waals surface area (Å²) in [6.45, 7) is 4.47. The predicted molar refractivity (Wildman–Crippen MR) is 81.4 cm³/mol. The number of hydrogen-bond donors (Lipinski definition) is 1. The van der Waals surface area contributed by atoms with E-state index in [-0.39, 0.29) is 5.56 Å². The van der Waals surface area contributed by atoms with Crippen LogP contribution in [0.1, 0.15) is 34.4 Å². The summed E-state index contributed by atoms with van der Waals surface area (Å²) in [4.78, 5) is 12.6. The van der Waals surface area contributed by atoms with Crippen LogP contribution in [0.5, 0.6) is 0 Å². The number of rotatable bonds is 2. The number of pyridine rings is 1. The molecule has 1 aromatic heterocycles. The molecule has 3 heteroatoms. The Morgan fingerprint density at radius 1 is 1.15 bits per heavy atom. The highest BCUT2D eigenvalue weighted by atomic mass is 16.1. The van der Waals surface area contributed by atoms with Gasteiger partial charge in [0, 0.05) is 23.5 Å². The first kappa shape index (κ1) is 13.1. The minimum Gasteiger partial charge on any atom is -0.326 e. The lowest BCUT2D eigenvalue weighted by atomic mass is 10.1. The van der Waals surface area contributed by atoms with Crippen molar-refractivity contribution in [3.63, 3.8) is 0 Å². The molecule has 1 heterocycles. The molecule has 3 nitrogen and oxygen atoms in total. The molecule has 2 aromatic rings. The maximum Gasteiger partial charge on any atom is 0.259 e. The van der Waals surface area contributed by atoms with E-state index in [9.17, 15) is 4.79 Å². The van der Waals surface area contributed by atoms with Crippen LogP contribution >= 0.6 is 0 Å². The number of aryl methyl sites for hydroxylation is 3. The smallest absolute Gasteiger partial charge is 0.259 e. The zero-order chi connectivity index (χ0) is 14.3. The van der Waals surface area contributed by atoms with E-state index in [0.29, 0.717) is 12.1 Å². The molecule has 1 aliphatic carbocycles. The van der Waals surface area contributed by atoms with Crippen LogP contribution in [0.2, 0.25) is 0 Å². The van der Waals surface area contributed by atoms with Crippen LogP contribution in [0.15, 0.2) is 29.1 Å². The number of fused-ring (bicyclic) bond motifs is 1. The highest BCUT2D eigenvalue weighted by Crippen LogP contribution is 2.24. The lowest BCUT2D eigenvalue weighted by Crippen LogP contribution is -2.27. The highest BCUT2D eigenvalue weighted by Gasteiger charge is 2.19. The minimum absolute atomic E-state index is 0.0383. The van der Waals surface area contributed by atoms with Crippen LogP contribution in [-0.2, 0) is 19.4 Å². The molecule has 0 saturated carbocycles. The normalized spacial score (nSPS) is 13.6. The molecule has 0 atom stereocenters. The molecule has 3 rings (SSSR count). The number of aromatic nitrogens is 1. The Labute approximate surface area is 119 Å². The lowest BCUT2D eigenvalue weighted by molar-refractivity contribution is 0.837. The van der Waals surface area contributed by atoms with Gasteiger partial charge in [0.05, 0.1) is 0 Å². The Bertz CT molecular complexity index is 729. The van der Waals surface area contributed by atoms with Crippen molar-refractivity contribution in [1.29, 1.82) is 0 Å². The monoisotopic (exact) mass is 268 g/mol. The van der Waals surface area contributed by atoms with Gasteiger partial charge >= 0.3 is 0 Å². The third kappa shape index (κ3) is 1.98. The van der Waals surface area contributed by atoms with E-state index in [4.69, 9.17) is 5.73 Å². The molecular formula is C17H20N2O. The second kappa shape index (κ2) is 4.91. The zero-order valence-electron chi connectivity index (χ0n) is 12.1. The first-order valence-electron chi connectivity index (χ1n) is 7.16. The van der Waals surface area contributed by atoms with Crippen molar-refractivity contribution in [3.05, 3.63) is 62.6 Å². The van der Waals surface area contributed by atoms with Crippen molar-refractivity contribution in [2.45, 2.75) is 39.7 Å². The second-order valence-corrected chi connectivity index (χ2v) is 5.61. The summed E-state index contributed by atoms with van der Waals surface area (Å²) in [5, 5.41) is 0. The molecule has 0 spiro atoms. The summed E-state index contributed by atoms with van der Waals surface area (Å²) in [5.74, 6) is 0. The van der Waals surface area contributed by atoms with Gasteiger partial charge in [0.25, 0.3) is 5.56 Å². The topological polar surface area (TPSA) is 48.0 Å². The lowest BCUT2D eigenvalue weighted by Gasteiger charge is -2.15. The standard InChI is InChI=1S/C17H20N2O/c1-11-6-7-15(8-12(11)2)19-16-5-3-4-13(16)9-14(10-18)17(19)20/h6-9H,3-5,10,18H2,1-2H3. The minimum atomic E-state index is 0.0383. The van der Waals surface area contributed by atoms with Crippen LogP contribution in [-0.4, -0.2) is 4.57 Å². The van der Waals surface area contributed by atoms with E-state index in [1.54, 1.807) is 0 Å². The molecule has 104 valence electrons. The fraction of sp³-hybridized carbons (Fsp3) is 0.353. The third-order valence-electron chi connectivity index (χ3n) is 4.30. The van der Waals surface area contributed by atoms with E-state index in [1.165, 1.54) is 16.7 Å². The number of benzene rings is 1. The van der Waals surface area contributed by atoms with Crippen LogP contribution in [0.25, 0.3) is 5.69 Å². The first-order valence-corrected chi connectivity index (χ1v) is 7.16. The Kier molecular flexibility index (Phi) is 3.22. The second-order valence-electron chi connectivity index (χ2n) is 5.61. The van der Waals surface area contributed by atoms with Gasteiger partial charge in [-0.05, 0) is 68.0 Å². The number of nitrogens with two attached hydrogens (primary N) is 1. The Morgan fingerprint density at radius 3 is 2.65 bits per heavy atom. The van der Waals surface area contributed by atoms with Crippen LogP contribution < -0.4 is 11.3 Å². The SMILES string of the molecule is Cc1ccc(-n2c3c(cc(CN)c2=O)CCC3)cc1C. The van der Waals surface area contributed by atoms with Crippen molar-refractivity contribution >= 4 is 0 Å². The zero-order valence-corrected chi connectivity index (χ0v) is 12.1. The van der Waals surface area contributed by atoms with Crippen LogP contribution in [0.4, 0.5) is 0 Å². The van der Waals surface area contributed by atoms with Gasteiger partial charge in [-0.3, -0.25) is 9.36 Å². The summed E-state index contributed by atoms with van der Waals surface area (Å²) >= 11 is 0. The maximum absolute atomic E-state index is 12.6. The van der Waals surface area contributed by atoms with Gasteiger partial charge in [0.15, 0.2) is 0 Å². The van der Waals surface area contributed by atoms with Gasteiger partial charge < -0.3 is 5.73 Å². The molecule has 0 unspecified atom stereocenters. The van der Waals surface area contributed by atoms with E-state index in [0.717, 1.165) is 30.6 Å². The number of nitrogens with zero attached hydrogens (tertiary/aromatic N) is 1. The van der Waals surface area contributed by atoms with E-state index in [2.05, 4.69) is 26.0 Å². The van der Waals surface area contributed by atoms with Crippen molar-refractivity contribution in [3.8, 4) is 5.69 Å². The molecule has 0 saturated heterocycles. The van der Waals surface area contributed by atoms with E-state index in [1.807, 2.05) is 16.7 Å². The molecule has 0 amide bonds. The van der Waals surface area contributed by atoms with Crippen molar-refractivity contribution < 1.29 is 0 Å². The molecule has 20 heavy (non-hydrogen) atoms. The molecule has 1 aromatic carbocycles. The predicted octanol–water partition coefficient (Wildman–Crippen LogP) is 2.40. The molecular weight excluding hydrogens is 248 g/mol. The molecule has 0 bridgehead atoms. The molecule has 2 N–H and O–H groups in total. The quantitative estimate of drug-likeness (QED) is 0.909. The molecule has 1 aliphatic rings. The number of hydrogen-bond acceptors (Lipinski definition) is 2. The average molecular weight is 268 g/mol.